The van der Waals surface area contributed by atoms with E-state index in [2.05, 4.69) is 22.1 Å². The molecule has 8 heteroatoms. The van der Waals surface area contributed by atoms with Crippen LogP contribution in [-0.2, 0) is 6.54 Å². The van der Waals surface area contributed by atoms with Crippen LogP contribution in [0.25, 0.3) is 16.5 Å². The molecular formula is C28H28N4O4. The molecule has 2 heterocycles. The standard InChI is InChI=1S/C28H28N4O4/c1-35-22-16-21(17-23(18-22)36-2)32-27(33)25-11-7-6-10-24(25)26(29-32)28(34)31-14-12-30(13-15-31)19-20-8-4-3-5-9-20/h3-11,16-18H,12-15,19H2,1-2H3. The van der Waals surface area contributed by atoms with Gasteiger partial charge in [-0.15, -0.1) is 0 Å². The molecule has 0 atom stereocenters. The molecule has 1 aromatic heterocycles. The molecule has 1 aliphatic rings. The lowest BCUT2D eigenvalue weighted by Gasteiger charge is -2.34. The molecule has 0 N–H and O–H groups in total. The molecule has 8 nitrogen and oxygen atoms in total. The highest BCUT2D eigenvalue weighted by Gasteiger charge is 2.26. The van der Waals surface area contributed by atoms with Crippen LogP contribution in [0.15, 0.2) is 77.6 Å². The van der Waals surface area contributed by atoms with E-state index in [1.54, 1.807) is 50.6 Å². The van der Waals surface area contributed by atoms with Gasteiger partial charge in [0, 0.05) is 56.3 Å². The summed E-state index contributed by atoms with van der Waals surface area (Å²) < 4.78 is 12.0. The van der Waals surface area contributed by atoms with Crippen molar-refractivity contribution in [1.29, 1.82) is 0 Å². The monoisotopic (exact) mass is 484 g/mol. The number of carbonyl (C=O) groups is 1. The summed E-state index contributed by atoms with van der Waals surface area (Å²) in [6.45, 7) is 3.57. The second kappa shape index (κ2) is 10.2. The van der Waals surface area contributed by atoms with E-state index in [-0.39, 0.29) is 17.2 Å². The van der Waals surface area contributed by atoms with Crippen molar-refractivity contribution in [2.75, 3.05) is 40.4 Å². The van der Waals surface area contributed by atoms with Crippen LogP contribution in [0, 0.1) is 0 Å². The summed E-state index contributed by atoms with van der Waals surface area (Å²) in [7, 11) is 3.09. The summed E-state index contributed by atoms with van der Waals surface area (Å²) >= 11 is 0. The molecular weight excluding hydrogens is 456 g/mol. The zero-order chi connectivity index (χ0) is 25.1. The summed E-state index contributed by atoms with van der Waals surface area (Å²) in [6.07, 6.45) is 0. The number of benzene rings is 3. The van der Waals surface area contributed by atoms with E-state index in [1.807, 2.05) is 29.2 Å². The first kappa shape index (κ1) is 23.6. The van der Waals surface area contributed by atoms with Gasteiger partial charge in [-0.05, 0) is 11.6 Å². The van der Waals surface area contributed by atoms with E-state index in [0.29, 0.717) is 41.0 Å². The molecule has 1 aliphatic heterocycles. The molecule has 0 spiro atoms. The number of rotatable bonds is 6. The summed E-state index contributed by atoms with van der Waals surface area (Å²) in [5, 5.41) is 5.55. The maximum absolute atomic E-state index is 13.7. The number of fused-ring (bicyclic) bond motifs is 1. The lowest BCUT2D eigenvalue weighted by atomic mass is 10.1. The lowest BCUT2D eigenvalue weighted by Crippen LogP contribution is -2.48. The summed E-state index contributed by atoms with van der Waals surface area (Å²) in [5.74, 6) is 0.858. The van der Waals surface area contributed by atoms with Crippen molar-refractivity contribution >= 4 is 16.7 Å². The molecule has 0 aliphatic carbocycles. The Morgan fingerprint density at radius 1 is 0.833 bits per heavy atom. The third kappa shape index (κ3) is 4.67. The molecule has 1 amide bonds. The fraction of sp³-hybridized carbons (Fsp3) is 0.250. The highest BCUT2D eigenvalue weighted by molar-refractivity contribution is 6.04. The van der Waals surface area contributed by atoms with Crippen LogP contribution in [0.3, 0.4) is 0 Å². The first-order chi connectivity index (χ1) is 17.6. The second-order valence-corrected chi connectivity index (χ2v) is 8.74. The number of hydrogen-bond donors (Lipinski definition) is 0. The van der Waals surface area contributed by atoms with Crippen molar-refractivity contribution in [1.82, 2.24) is 19.6 Å². The Morgan fingerprint density at radius 3 is 2.08 bits per heavy atom. The van der Waals surface area contributed by atoms with Crippen molar-refractivity contribution in [3.8, 4) is 17.2 Å². The Morgan fingerprint density at radius 2 is 1.44 bits per heavy atom. The normalized spacial score (nSPS) is 14.1. The van der Waals surface area contributed by atoms with Gasteiger partial charge in [0.05, 0.1) is 25.3 Å². The SMILES string of the molecule is COc1cc(OC)cc(-n2nc(C(=O)N3CCN(Cc4ccccc4)CC3)c3ccccc3c2=O)c1. The van der Waals surface area contributed by atoms with Gasteiger partial charge in [-0.2, -0.15) is 9.78 Å². The number of carbonyl (C=O) groups excluding carboxylic acids is 1. The van der Waals surface area contributed by atoms with E-state index in [9.17, 15) is 9.59 Å². The first-order valence-corrected chi connectivity index (χ1v) is 11.9. The summed E-state index contributed by atoms with van der Waals surface area (Å²) in [5.41, 5.74) is 1.66. The van der Waals surface area contributed by atoms with Crippen LogP contribution >= 0.6 is 0 Å². The first-order valence-electron chi connectivity index (χ1n) is 11.9. The zero-order valence-electron chi connectivity index (χ0n) is 20.4. The quantitative estimate of drug-likeness (QED) is 0.418. The molecule has 1 fully saturated rings. The van der Waals surface area contributed by atoms with Gasteiger partial charge < -0.3 is 14.4 Å². The van der Waals surface area contributed by atoms with Crippen molar-refractivity contribution in [2.45, 2.75) is 6.54 Å². The lowest BCUT2D eigenvalue weighted by molar-refractivity contribution is 0.0623. The van der Waals surface area contributed by atoms with E-state index in [4.69, 9.17) is 9.47 Å². The Balaban J connectivity index is 1.47. The zero-order valence-corrected chi connectivity index (χ0v) is 20.4. The molecule has 0 saturated carbocycles. The highest BCUT2D eigenvalue weighted by atomic mass is 16.5. The molecule has 4 aromatic rings. The maximum atomic E-state index is 13.7. The number of hydrogen-bond acceptors (Lipinski definition) is 6. The summed E-state index contributed by atoms with van der Waals surface area (Å²) in [4.78, 5) is 31.2. The van der Waals surface area contributed by atoms with Crippen LogP contribution in [0.5, 0.6) is 11.5 Å². The Kier molecular flexibility index (Phi) is 6.69. The number of aromatic nitrogens is 2. The van der Waals surface area contributed by atoms with Gasteiger partial charge >= 0.3 is 0 Å². The molecule has 3 aromatic carbocycles. The van der Waals surface area contributed by atoms with E-state index in [1.165, 1.54) is 10.2 Å². The number of methoxy groups -OCH3 is 2. The van der Waals surface area contributed by atoms with Gasteiger partial charge in [0.1, 0.15) is 11.5 Å². The van der Waals surface area contributed by atoms with E-state index >= 15 is 0 Å². The third-order valence-corrected chi connectivity index (χ3v) is 6.50. The Labute approximate surface area is 209 Å². The average Bonchev–Trinajstić information content (AvgIpc) is 2.93. The van der Waals surface area contributed by atoms with Gasteiger partial charge in [0.2, 0.25) is 0 Å². The third-order valence-electron chi connectivity index (χ3n) is 6.50. The van der Waals surface area contributed by atoms with Gasteiger partial charge in [0.15, 0.2) is 5.69 Å². The number of piperazine rings is 1. The smallest absolute Gasteiger partial charge is 0.279 e. The van der Waals surface area contributed by atoms with Crippen LogP contribution in [0.2, 0.25) is 0 Å². The molecule has 184 valence electrons. The minimum Gasteiger partial charge on any atom is -0.497 e. The van der Waals surface area contributed by atoms with E-state index in [0.717, 1.165) is 19.6 Å². The van der Waals surface area contributed by atoms with Crippen LogP contribution in [0.1, 0.15) is 16.1 Å². The van der Waals surface area contributed by atoms with Crippen LogP contribution < -0.4 is 15.0 Å². The van der Waals surface area contributed by atoms with Gasteiger partial charge in [-0.1, -0.05) is 48.5 Å². The number of amides is 1. The Bertz CT molecular complexity index is 1420. The fourth-order valence-electron chi connectivity index (χ4n) is 4.54. The fourth-order valence-corrected chi connectivity index (χ4v) is 4.54. The number of ether oxygens (including phenoxy) is 2. The van der Waals surface area contributed by atoms with Gasteiger partial charge in [-0.25, -0.2) is 0 Å². The second-order valence-electron chi connectivity index (χ2n) is 8.74. The maximum Gasteiger partial charge on any atom is 0.279 e. The topological polar surface area (TPSA) is 76.9 Å². The molecule has 5 rings (SSSR count). The summed E-state index contributed by atoms with van der Waals surface area (Å²) in [6, 6.07) is 22.5. The van der Waals surface area contributed by atoms with Crippen molar-refractivity contribution in [3.63, 3.8) is 0 Å². The molecule has 1 saturated heterocycles. The Hall–Kier alpha value is -4.17. The van der Waals surface area contributed by atoms with Gasteiger partial charge in [-0.3, -0.25) is 14.5 Å². The van der Waals surface area contributed by atoms with Crippen molar-refractivity contribution < 1.29 is 14.3 Å². The van der Waals surface area contributed by atoms with Crippen LogP contribution in [0.4, 0.5) is 0 Å². The van der Waals surface area contributed by atoms with Gasteiger partial charge in [0.25, 0.3) is 11.5 Å². The highest BCUT2D eigenvalue weighted by Crippen LogP contribution is 2.25. The number of nitrogens with zero attached hydrogens (tertiary/aromatic N) is 4. The average molecular weight is 485 g/mol. The minimum atomic E-state index is -0.315. The predicted octanol–water partition coefficient (Wildman–Crippen LogP) is 3.36. The van der Waals surface area contributed by atoms with Crippen molar-refractivity contribution in [3.05, 3.63) is 94.4 Å². The largest absolute Gasteiger partial charge is 0.497 e. The molecule has 0 unspecified atom stereocenters. The van der Waals surface area contributed by atoms with Crippen molar-refractivity contribution in [2.24, 2.45) is 0 Å². The minimum absolute atomic E-state index is 0.186. The van der Waals surface area contributed by atoms with E-state index < -0.39 is 0 Å². The molecule has 36 heavy (non-hydrogen) atoms. The van der Waals surface area contributed by atoms with Crippen LogP contribution in [-0.4, -0.2) is 65.9 Å². The molecule has 0 radical (unpaired) electrons. The predicted molar refractivity (Wildman–Crippen MR) is 138 cm³/mol. The molecule has 0 bridgehead atoms.